The largest absolute Gasteiger partial charge is 0.311 e. The molecule has 2 aromatic rings. The average molecular weight is 243 g/mol. The van der Waals surface area contributed by atoms with Crippen molar-refractivity contribution in [1.29, 1.82) is 0 Å². The summed E-state index contributed by atoms with van der Waals surface area (Å²) in [5.41, 5.74) is 1.66. The molecule has 0 radical (unpaired) electrons. The smallest absolute Gasteiger partial charge is 0.180 e. The molecule has 0 saturated heterocycles. The fourth-order valence-corrected chi connectivity index (χ4v) is 1.52. The Morgan fingerprint density at radius 2 is 2.06 bits per heavy atom. The molecule has 0 saturated carbocycles. The van der Waals surface area contributed by atoms with Gasteiger partial charge < -0.3 is 5.32 Å². The Balaban J connectivity index is 2.06. The summed E-state index contributed by atoms with van der Waals surface area (Å²) in [6.07, 6.45) is 6.70. The third-order valence-corrected chi connectivity index (χ3v) is 2.36. The molecule has 18 heavy (non-hydrogen) atoms. The summed E-state index contributed by atoms with van der Waals surface area (Å²) in [5, 5.41) is 3.35. The molecule has 0 atom stereocenters. The Kier molecular flexibility index (Phi) is 4.30. The van der Waals surface area contributed by atoms with E-state index in [0.29, 0.717) is 17.4 Å². The lowest BCUT2D eigenvalue weighted by molar-refractivity contribution is 0.548. The molecule has 0 fully saturated rings. The van der Waals surface area contributed by atoms with Crippen LogP contribution in [-0.2, 0) is 6.54 Å². The van der Waals surface area contributed by atoms with E-state index in [1.807, 2.05) is 6.07 Å². The molecule has 0 aliphatic heterocycles. The van der Waals surface area contributed by atoms with E-state index in [4.69, 9.17) is 0 Å². The molecule has 0 amide bonds. The summed E-state index contributed by atoms with van der Waals surface area (Å²) in [7, 11) is 0. The van der Waals surface area contributed by atoms with Gasteiger partial charge in [0, 0.05) is 25.1 Å². The fourth-order valence-electron chi connectivity index (χ4n) is 1.52. The summed E-state index contributed by atoms with van der Waals surface area (Å²) < 4.78 is 0. The summed E-state index contributed by atoms with van der Waals surface area (Å²) in [5.74, 6) is 1.25. The molecule has 5 heteroatoms. The summed E-state index contributed by atoms with van der Waals surface area (Å²) in [4.78, 5) is 16.9. The minimum atomic E-state index is 0.618. The highest BCUT2D eigenvalue weighted by Crippen LogP contribution is 2.09. The topological polar surface area (TPSA) is 63.6 Å². The third-order valence-electron chi connectivity index (χ3n) is 2.36. The van der Waals surface area contributed by atoms with Gasteiger partial charge in [0.1, 0.15) is 5.69 Å². The number of hydrogen-bond acceptors (Lipinski definition) is 5. The molecule has 0 aliphatic carbocycles. The molecule has 94 valence electrons. The number of rotatable bonds is 5. The lowest BCUT2D eigenvalue weighted by atomic mass is 10.2. The second-order valence-electron chi connectivity index (χ2n) is 4.49. The number of nitrogens with one attached hydrogen (secondary N) is 1. The van der Waals surface area contributed by atoms with Crippen LogP contribution in [0.1, 0.15) is 19.5 Å². The Labute approximate surface area is 107 Å². The van der Waals surface area contributed by atoms with E-state index in [0.717, 1.165) is 18.8 Å². The molecule has 0 aliphatic rings. The number of aromatic nitrogens is 4. The van der Waals surface area contributed by atoms with Crippen LogP contribution in [0.25, 0.3) is 11.5 Å². The zero-order valence-electron chi connectivity index (χ0n) is 10.7. The van der Waals surface area contributed by atoms with Gasteiger partial charge in [-0.2, -0.15) is 0 Å². The van der Waals surface area contributed by atoms with Gasteiger partial charge in [-0.05, 0) is 18.5 Å². The van der Waals surface area contributed by atoms with E-state index >= 15 is 0 Å². The van der Waals surface area contributed by atoms with Crippen molar-refractivity contribution in [3.63, 3.8) is 0 Å². The van der Waals surface area contributed by atoms with Crippen molar-refractivity contribution < 1.29 is 0 Å². The van der Waals surface area contributed by atoms with E-state index in [9.17, 15) is 0 Å². The quantitative estimate of drug-likeness (QED) is 0.865. The highest BCUT2D eigenvalue weighted by atomic mass is 15.0. The van der Waals surface area contributed by atoms with Crippen LogP contribution in [0.3, 0.4) is 0 Å². The molecule has 0 bridgehead atoms. The SMILES string of the molecule is CC(C)CNCc1ccnc(-c2cnccn2)n1. The maximum absolute atomic E-state index is 4.46. The monoisotopic (exact) mass is 243 g/mol. The van der Waals surface area contributed by atoms with Gasteiger partial charge in [0.2, 0.25) is 0 Å². The van der Waals surface area contributed by atoms with E-state index in [1.54, 1.807) is 24.8 Å². The Bertz CT molecular complexity index is 484. The molecule has 2 heterocycles. The van der Waals surface area contributed by atoms with Crippen LogP contribution < -0.4 is 5.32 Å². The summed E-state index contributed by atoms with van der Waals surface area (Å²) >= 11 is 0. The lowest BCUT2D eigenvalue weighted by Gasteiger charge is -2.07. The first-order valence-electron chi connectivity index (χ1n) is 6.04. The van der Waals surface area contributed by atoms with Crippen LogP contribution in [0.4, 0.5) is 0 Å². The Hall–Kier alpha value is -1.88. The predicted octanol–water partition coefficient (Wildman–Crippen LogP) is 1.68. The van der Waals surface area contributed by atoms with Crippen LogP contribution in [0.2, 0.25) is 0 Å². The van der Waals surface area contributed by atoms with Crippen molar-refractivity contribution in [1.82, 2.24) is 25.3 Å². The standard InChI is InChI=1S/C13H17N5/c1-10(2)7-15-8-11-3-4-17-13(18-11)12-9-14-5-6-16-12/h3-6,9-10,15H,7-8H2,1-2H3. The zero-order chi connectivity index (χ0) is 12.8. The van der Waals surface area contributed by atoms with Gasteiger partial charge in [-0.25, -0.2) is 15.0 Å². The van der Waals surface area contributed by atoms with Crippen LogP contribution in [0, 0.1) is 5.92 Å². The van der Waals surface area contributed by atoms with Crippen LogP contribution >= 0.6 is 0 Å². The summed E-state index contributed by atoms with van der Waals surface area (Å²) in [6, 6.07) is 1.91. The van der Waals surface area contributed by atoms with Gasteiger partial charge in [-0.3, -0.25) is 4.98 Å². The van der Waals surface area contributed by atoms with Crippen molar-refractivity contribution in [3.8, 4) is 11.5 Å². The maximum atomic E-state index is 4.46. The number of nitrogens with zero attached hydrogens (tertiary/aromatic N) is 4. The van der Waals surface area contributed by atoms with Crippen molar-refractivity contribution >= 4 is 0 Å². The van der Waals surface area contributed by atoms with Gasteiger partial charge in [0.15, 0.2) is 5.82 Å². The molecule has 0 spiro atoms. The minimum Gasteiger partial charge on any atom is -0.311 e. The second-order valence-corrected chi connectivity index (χ2v) is 4.49. The van der Waals surface area contributed by atoms with Crippen molar-refractivity contribution in [2.75, 3.05) is 6.54 Å². The first-order chi connectivity index (χ1) is 8.75. The molecule has 1 N–H and O–H groups in total. The molecule has 2 aromatic heterocycles. The van der Waals surface area contributed by atoms with Crippen LogP contribution in [0.15, 0.2) is 30.9 Å². The van der Waals surface area contributed by atoms with Crippen LogP contribution in [-0.4, -0.2) is 26.5 Å². The van der Waals surface area contributed by atoms with Crippen molar-refractivity contribution in [2.45, 2.75) is 20.4 Å². The molecule has 0 aromatic carbocycles. The van der Waals surface area contributed by atoms with Gasteiger partial charge in [-0.1, -0.05) is 13.8 Å². The lowest BCUT2D eigenvalue weighted by Crippen LogP contribution is -2.19. The molecule has 2 rings (SSSR count). The van der Waals surface area contributed by atoms with Crippen LogP contribution in [0.5, 0.6) is 0 Å². The summed E-state index contributed by atoms with van der Waals surface area (Å²) in [6.45, 7) is 6.08. The molecule has 0 unspecified atom stereocenters. The first-order valence-corrected chi connectivity index (χ1v) is 6.04. The molecular formula is C13H17N5. The second kappa shape index (κ2) is 6.16. The Morgan fingerprint density at radius 1 is 1.17 bits per heavy atom. The third kappa shape index (κ3) is 3.56. The van der Waals surface area contributed by atoms with Gasteiger partial charge in [-0.15, -0.1) is 0 Å². The van der Waals surface area contributed by atoms with Crippen molar-refractivity contribution in [3.05, 3.63) is 36.5 Å². The number of hydrogen-bond donors (Lipinski definition) is 1. The molecular weight excluding hydrogens is 226 g/mol. The van der Waals surface area contributed by atoms with Crippen molar-refractivity contribution in [2.24, 2.45) is 5.92 Å². The fraction of sp³-hybridized carbons (Fsp3) is 0.385. The first kappa shape index (κ1) is 12.6. The normalized spacial score (nSPS) is 10.8. The van der Waals surface area contributed by atoms with E-state index < -0.39 is 0 Å². The highest BCUT2D eigenvalue weighted by Gasteiger charge is 2.03. The van der Waals surface area contributed by atoms with E-state index in [1.165, 1.54) is 0 Å². The minimum absolute atomic E-state index is 0.618. The van der Waals surface area contributed by atoms with Gasteiger partial charge in [0.05, 0.1) is 11.9 Å². The highest BCUT2D eigenvalue weighted by molar-refractivity contribution is 5.46. The van der Waals surface area contributed by atoms with Gasteiger partial charge in [0.25, 0.3) is 0 Å². The van der Waals surface area contributed by atoms with E-state index in [-0.39, 0.29) is 0 Å². The zero-order valence-corrected chi connectivity index (χ0v) is 10.7. The predicted molar refractivity (Wildman–Crippen MR) is 69.6 cm³/mol. The maximum Gasteiger partial charge on any atom is 0.180 e. The Morgan fingerprint density at radius 3 is 2.78 bits per heavy atom. The van der Waals surface area contributed by atoms with E-state index in [2.05, 4.69) is 39.1 Å². The van der Waals surface area contributed by atoms with Gasteiger partial charge >= 0.3 is 0 Å². The molecule has 5 nitrogen and oxygen atoms in total. The average Bonchev–Trinajstić information content (AvgIpc) is 2.40.